The van der Waals surface area contributed by atoms with Crippen LogP contribution in [0.3, 0.4) is 0 Å². The number of rotatable bonds is 2. The summed E-state index contributed by atoms with van der Waals surface area (Å²) < 4.78 is 12.6. The summed E-state index contributed by atoms with van der Waals surface area (Å²) in [6.45, 7) is 0. The average Bonchev–Trinajstić information content (AvgIpc) is 2.57. The fraction of sp³-hybridized carbons (Fsp3) is 0.100. The van der Waals surface area contributed by atoms with Crippen molar-refractivity contribution in [3.63, 3.8) is 0 Å². The zero-order chi connectivity index (χ0) is 14.9. The molecule has 0 fully saturated rings. The SMILES string of the molecule is O=[P+]1Cc2c(Cc3ccccc3)cccc2-c2ccccc21. The second-order valence-corrected chi connectivity index (χ2v) is 7.21. The van der Waals surface area contributed by atoms with Gasteiger partial charge in [-0.1, -0.05) is 65.2 Å². The number of benzene rings is 3. The van der Waals surface area contributed by atoms with Crippen molar-refractivity contribution in [2.75, 3.05) is 0 Å². The maximum atomic E-state index is 12.6. The largest absolute Gasteiger partial charge is 0.382 e. The molecule has 3 aromatic rings. The minimum absolute atomic E-state index is 0.657. The van der Waals surface area contributed by atoms with E-state index in [0.717, 1.165) is 17.3 Å². The van der Waals surface area contributed by atoms with E-state index in [0.29, 0.717) is 6.16 Å². The average molecular weight is 303 g/mol. The van der Waals surface area contributed by atoms with Gasteiger partial charge in [0.2, 0.25) is 0 Å². The molecule has 1 aliphatic rings. The maximum Gasteiger partial charge on any atom is 0.382 e. The molecule has 2 heteroatoms. The molecule has 106 valence electrons. The Balaban J connectivity index is 1.84. The molecule has 0 N–H and O–H groups in total. The van der Waals surface area contributed by atoms with Crippen molar-refractivity contribution < 1.29 is 4.57 Å². The third kappa shape index (κ3) is 2.28. The predicted octanol–water partition coefficient (Wildman–Crippen LogP) is 4.91. The van der Waals surface area contributed by atoms with Gasteiger partial charge >= 0.3 is 7.80 Å². The van der Waals surface area contributed by atoms with Gasteiger partial charge in [-0.25, -0.2) is 0 Å². The summed E-state index contributed by atoms with van der Waals surface area (Å²) in [6.07, 6.45) is 1.56. The van der Waals surface area contributed by atoms with Gasteiger partial charge in [0.05, 0.1) is 0 Å². The summed E-state index contributed by atoms with van der Waals surface area (Å²) in [7, 11) is -1.33. The van der Waals surface area contributed by atoms with Crippen LogP contribution in [0, 0.1) is 0 Å². The monoisotopic (exact) mass is 303 g/mol. The van der Waals surface area contributed by atoms with Crippen LogP contribution in [0.15, 0.2) is 72.8 Å². The Morgan fingerprint density at radius 1 is 0.773 bits per heavy atom. The molecular formula is C20H16OP+. The van der Waals surface area contributed by atoms with Crippen LogP contribution in [0.1, 0.15) is 16.7 Å². The molecule has 1 nitrogen and oxygen atoms in total. The van der Waals surface area contributed by atoms with Crippen LogP contribution < -0.4 is 5.30 Å². The molecule has 0 amide bonds. The summed E-state index contributed by atoms with van der Waals surface area (Å²) in [5, 5.41) is 1.00. The zero-order valence-electron chi connectivity index (χ0n) is 12.2. The summed E-state index contributed by atoms with van der Waals surface area (Å²) >= 11 is 0. The normalized spacial score (nSPS) is 14.3. The van der Waals surface area contributed by atoms with E-state index in [1.807, 2.05) is 24.3 Å². The van der Waals surface area contributed by atoms with Crippen LogP contribution in [-0.2, 0) is 17.1 Å². The van der Waals surface area contributed by atoms with E-state index in [1.165, 1.54) is 22.3 Å². The van der Waals surface area contributed by atoms with Crippen molar-refractivity contribution in [3.8, 4) is 11.1 Å². The van der Waals surface area contributed by atoms with Gasteiger partial charge in [0.15, 0.2) is 11.5 Å². The highest BCUT2D eigenvalue weighted by molar-refractivity contribution is 7.53. The standard InChI is InChI=1S/C20H16OP/c21-22-14-19-16(13-15-7-2-1-3-8-15)9-6-11-17(19)18-10-4-5-12-20(18)22/h1-12H,13-14H2/q+1. The Kier molecular flexibility index (Phi) is 3.36. The van der Waals surface area contributed by atoms with E-state index in [-0.39, 0.29) is 0 Å². The van der Waals surface area contributed by atoms with Gasteiger partial charge in [-0.15, -0.1) is 0 Å². The lowest BCUT2D eigenvalue weighted by atomic mass is 9.92. The first-order valence-corrected chi connectivity index (χ1v) is 8.96. The molecule has 1 unspecified atom stereocenters. The van der Waals surface area contributed by atoms with Crippen LogP contribution in [0.4, 0.5) is 0 Å². The zero-order valence-corrected chi connectivity index (χ0v) is 13.1. The van der Waals surface area contributed by atoms with E-state index in [9.17, 15) is 4.57 Å². The lowest BCUT2D eigenvalue weighted by molar-refractivity contribution is 0.592. The molecule has 22 heavy (non-hydrogen) atoms. The fourth-order valence-electron chi connectivity index (χ4n) is 3.20. The third-order valence-electron chi connectivity index (χ3n) is 4.28. The van der Waals surface area contributed by atoms with E-state index >= 15 is 0 Å². The Labute approximate surface area is 131 Å². The molecular weight excluding hydrogens is 287 g/mol. The molecule has 3 aromatic carbocycles. The van der Waals surface area contributed by atoms with E-state index < -0.39 is 7.80 Å². The number of fused-ring (bicyclic) bond motifs is 3. The van der Waals surface area contributed by atoms with Crippen LogP contribution in [0.2, 0.25) is 0 Å². The molecule has 0 spiro atoms. The van der Waals surface area contributed by atoms with Gasteiger partial charge < -0.3 is 0 Å². The first kappa shape index (κ1) is 13.4. The second kappa shape index (κ2) is 5.51. The van der Waals surface area contributed by atoms with Crippen molar-refractivity contribution in [3.05, 3.63) is 89.5 Å². The van der Waals surface area contributed by atoms with Crippen molar-refractivity contribution in [2.24, 2.45) is 0 Å². The first-order chi connectivity index (χ1) is 10.8. The highest BCUT2D eigenvalue weighted by atomic mass is 31.1. The van der Waals surface area contributed by atoms with Crippen LogP contribution in [-0.4, -0.2) is 0 Å². The third-order valence-corrected chi connectivity index (χ3v) is 5.81. The Bertz CT molecular complexity index is 853. The quantitative estimate of drug-likeness (QED) is 0.615. The molecule has 4 rings (SSSR count). The van der Waals surface area contributed by atoms with E-state index in [4.69, 9.17) is 0 Å². The van der Waals surface area contributed by atoms with Crippen LogP contribution >= 0.6 is 7.80 Å². The fourth-order valence-corrected chi connectivity index (χ4v) is 4.75. The minimum Gasteiger partial charge on any atom is -0.0677 e. The smallest absolute Gasteiger partial charge is 0.0677 e. The van der Waals surface area contributed by atoms with Crippen molar-refractivity contribution in [1.29, 1.82) is 0 Å². The topological polar surface area (TPSA) is 17.1 Å². The molecule has 0 aliphatic carbocycles. The lowest BCUT2D eigenvalue weighted by Gasteiger charge is -2.16. The molecule has 0 aromatic heterocycles. The minimum atomic E-state index is -1.33. The number of hydrogen-bond donors (Lipinski definition) is 0. The van der Waals surface area contributed by atoms with Crippen LogP contribution in [0.25, 0.3) is 11.1 Å². The van der Waals surface area contributed by atoms with Gasteiger partial charge in [-0.3, -0.25) is 0 Å². The van der Waals surface area contributed by atoms with E-state index in [1.54, 1.807) is 0 Å². The maximum absolute atomic E-state index is 12.6. The lowest BCUT2D eigenvalue weighted by Crippen LogP contribution is -2.11. The summed E-state index contributed by atoms with van der Waals surface area (Å²) in [5.74, 6) is 0. The highest BCUT2D eigenvalue weighted by Crippen LogP contribution is 2.42. The molecule has 1 atom stereocenters. The predicted molar refractivity (Wildman–Crippen MR) is 92.1 cm³/mol. The second-order valence-electron chi connectivity index (χ2n) is 5.66. The van der Waals surface area contributed by atoms with Crippen molar-refractivity contribution in [1.82, 2.24) is 0 Å². The van der Waals surface area contributed by atoms with Crippen LogP contribution in [0.5, 0.6) is 0 Å². The Morgan fingerprint density at radius 2 is 1.50 bits per heavy atom. The van der Waals surface area contributed by atoms with Gasteiger partial charge in [-0.2, -0.15) is 0 Å². The van der Waals surface area contributed by atoms with Gasteiger partial charge in [0, 0.05) is 11.1 Å². The summed E-state index contributed by atoms with van der Waals surface area (Å²) in [5.41, 5.74) is 6.23. The van der Waals surface area contributed by atoms with Crippen molar-refractivity contribution >= 4 is 13.1 Å². The van der Waals surface area contributed by atoms with E-state index in [2.05, 4.69) is 48.5 Å². The Hall–Kier alpha value is -2.24. The van der Waals surface area contributed by atoms with Crippen molar-refractivity contribution in [2.45, 2.75) is 12.6 Å². The molecule has 1 heterocycles. The van der Waals surface area contributed by atoms with Gasteiger partial charge in [0.25, 0.3) is 0 Å². The molecule has 0 bridgehead atoms. The van der Waals surface area contributed by atoms with Gasteiger partial charge in [0.1, 0.15) is 0 Å². The molecule has 0 saturated carbocycles. The van der Waals surface area contributed by atoms with Gasteiger partial charge in [-0.05, 0) is 35.2 Å². The highest BCUT2D eigenvalue weighted by Gasteiger charge is 2.33. The Morgan fingerprint density at radius 3 is 2.36 bits per heavy atom. The molecule has 0 saturated heterocycles. The molecule has 0 radical (unpaired) electrons. The number of hydrogen-bond acceptors (Lipinski definition) is 1. The first-order valence-electron chi connectivity index (χ1n) is 7.52. The molecule has 1 aliphatic heterocycles. The summed E-state index contributed by atoms with van der Waals surface area (Å²) in [4.78, 5) is 0. The summed E-state index contributed by atoms with van der Waals surface area (Å²) in [6, 6.07) is 25.0.